The van der Waals surface area contributed by atoms with Crippen LogP contribution in [0.15, 0.2) is 59.8 Å². The van der Waals surface area contributed by atoms with E-state index in [2.05, 4.69) is 11.7 Å². The molecule has 1 saturated heterocycles. The molecule has 2 aliphatic rings. The lowest BCUT2D eigenvalue weighted by Crippen LogP contribution is -2.37. The van der Waals surface area contributed by atoms with E-state index >= 15 is 0 Å². The van der Waals surface area contributed by atoms with Crippen molar-refractivity contribution >= 4 is 57.5 Å². The molecule has 0 unspecified atom stereocenters. The van der Waals surface area contributed by atoms with Crippen molar-refractivity contribution in [1.82, 2.24) is 14.6 Å². The van der Waals surface area contributed by atoms with Gasteiger partial charge in [0.15, 0.2) is 11.6 Å². The Bertz CT molecular complexity index is 1830. The van der Waals surface area contributed by atoms with Crippen molar-refractivity contribution < 1.29 is 28.4 Å². The maximum absolute atomic E-state index is 14.8. The van der Waals surface area contributed by atoms with E-state index in [0.717, 1.165) is 16.5 Å². The van der Waals surface area contributed by atoms with E-state index in [-0.39, 0.29) is 38.7 Å². The first kappa shape index (κ1) is 27.9. The Morgan fingerprint density at radius 1 is 1.10 bits per heavy atom. The van der Waals surface area contributed by atoms with Gasteiger partial charge in [-0.25, -0.2) is 9.18 Å². The molecule has 0 bridgehead atoms. The number of likely N-dealkylation sites (tertiary alicyclic amines) is 1. The quantitative estimate of drug-likeness (QED) is 0.199. The molecule has 1 aliphatic carbocycles. The fraction of sp³-hybridized carbons (Fsp3) is 0.226. The van der Waals surface area contributed by atoms with Crippen molar-refractivity contribution in [3.63, 3.8) is 0 Å². The van der Waals surface area contributed by atoms with E-state index in [0.29, 0.717) is 55.6 Å². The number of hydrogen-bond acceptors (Lipinski definition) is 5. The summed E-state index contributed by atoms with van der Waals surface area (Å²) >= 11 is 12.3. The maximum Gasteiger partial charge on any atom is 0.328 e. The predicted molar refractivity (Wildman–Crippen MR) is 156 cm³/mol. The molecule has 1 N–H and O–H groups in total. The first-order valence-corrected chi connectivity index (χ1v) is 14.1. The van der Waals surface area contributed by atoms with Crippen LogP contribution in [0.25, 0.3) is 27.7 Å². The zero-order valence-corrected chi connectivity index (χ0v) is 23.7. The summed E-state index contributed by atoms with van der Waals surface area (Å²) in [7, 11) is 0. The number of amides is 1. The highest BCUT2D eigenvalue weighted by atomic mass is 35.5. The van der Waals surface area contributed by atoms with Gasteiger partial charge in [0.2, 0.25) is 5.91 Å². The van der Waals surface area contributed by atoms with Crippen LogP contribution >= 0.6 is 23.2 Å². The van der Waals surface area contributed by atoms with Crippen molar-refractivity contribution in [3.05, 3.63) is 93.6 Å². The largest absolute Gasteiger partial charge is 0.478 e. The minimum Gasteiger partial charge on any atom is -0.478 e. The molecule has 42 heavy (non-hydrogen) atoms. The number of allylic oxidation sites excluding steroid dienone is 1. The van der Waals surface area contributed by atoms with Gasteiger partial charge in [-0.2, -0.15) is 0 Å². The van der Waals surface area contributed by atoms with Crippen molar-refractivity contribution in [1.29, 1.82) is 0 Å². The first-order valence-electron chi connectivity index (χ1n) is 13.4. The Hall–Kier alpha value is -4.21. The average molecular weight is 608 g/mol. The molecule has 8 nitrogen and oxygen atoms in total. The zero-order chi connectivity index (χ0) is 29.7. The predicted octanol–water partition coefficient (Wildman–Crippen LogP) is 6.74. The van der Waals surface area contributed by atoms with Crippen molar-refractivity contribution in [2.75, 3.05) is 13.1 Å². The van der Waals surface area contributed by atoms with Crippen LogP contribution < -0.4 is 0 Å². The molecule has 1 aliphatic heterocycles. The molecule has 0 saturated carbocycles. The topological polar surface area (TPSA) is 106 Å². The normalized spacial score (nSPS) is 16.3. The maximum atomic E-state index is 14.8. The summed E-state index contributed by atoms with van der Waals surface area (Å²) in [5.41, 5.74) is 3.33. The lowest BCUT2D eigenvalue weighted by Gasteiger charge is -2.30. The molecule has 3 heterocycles. The fourth-order valence-corrected chi connectivity index (χ4v) is 6.45. The summed E-state index contributed by atoms with van der Waals surface area (Å²) in [4.78, 5) is 39.8. The average Bonchev–Trinajstić information content (AvgIpc) is 3.60. The number of carbonyl (C=O) groups excluding carboxylic acids is 2. The van der Waals surface area contributed by atoms with Crippen molar-refractivity contribution in [3.8, 4) is 11.3 Å². The van der Waals surface area contributed by atoms with Crippen molar-refractivity contribution in [2.24, 2.45) is 0 Å². The van der Waals surface area contributed by atoms with Crippen LogP contribution in [0.1, 0.15) is 52.4 Å². The smallest absolute Gasteiger partial charge is 0.328 e. The highest BCUT2D eigenvalue weighted by Crippen LogP contribution is 2.42. The Balaban J connectivity index is 1.50. The number of rotatable bonds is 5. The van der Waals surface area contributed by atoms with Crippen LogP contribution in [0.3, 0.4) is 0 Å². The molecule has 1 amide bonds. The van der Waals surface area contributed by atoms with Gasteiger partial charge in [0.05, 0.1) is 15.6 Å². The highest BCUT2D eigenvalue weighted by Gasteiger charge is 2.35. The molecule has 2 aromatic heterocycles. The van der Waals surface area contributed by atoms with Gasteiger partial charge in [0, 0.05) is 42.2 Å². The van der Waals surface area contributed by atoms with Gasteiger partial charge in [-0.1, -0.05) is 47.1 Å². The van der Waals surface area contributed by atoms with Crippen molar-refractivity contribution in [2.45, 2.75) is 31.6 Å². The summed E-state index contributed by atoms with van der Waals surface area (Å²) in [5.74, 6) is -2.41. The monoisotopic (exact) mass is 607 g/mol. The summed E-state index contributed by atoms with van der Waals surface area (Å²) < 4.78 is 22.1. The van der Waals surface area contributed by atoms with Gasteiger partial charge in [-0.3, -0.25) is 14.2 Å². The van der Waals surface area contributed by atoms with E-state index in [1.54, 1.807) is 23.2 Å². The lowest BCUT2D eigenvalue weighted by molar-refractivity contribution is -0.131. The van der Waals surface area contributed by atoms with Crippen LogP contribution in [0.4, 0.5) is 4.39 Å². The minimum atomic E-state index is -1.03. The van der Waals surface area contributed by atoms with E-state index in [1.807, 2.05) is 6.07 Å². The third-order valence-corrected chi connectivity index (χ3v) is 8.67. The van der Waals surface area contributed by atoms with Crippen LogP contribution in [-0.2, 0) is 16.0 Å². The van der Waals surface area contributed by atoms with Crippen LogP contribution in [0.2, 0.25) is 10.0 Å². The van der Waals surface area contributed by atoms with Gasteiger partial charge >= 0.3 is 5.97 Å². The Labute approximate surface area is 249 Å². The molecule has 0 atom stereocenters. The summed E-state index contributed by atoms with van der Waals surface area (Å²) in [5, 5.41) is 13.9. The van der Waals surface area contributed by atoms with E-state index in [9.17, 15) is 23.9 Å². The SMILES string of the molecule is C=CC(=O)N1CCC(c2onc(-c3ccc(Cl)c(F)c3Cl)c2C(=O)n2cc3c4c(cccc42)/C(=C/C(=O)O)CC3)CC1. The number of nitrogens with zero attached hydrogens (tertiary/aromatic N) is 3. The minimum absolute atomic E-state index is 0.0843. The summed E-state index contributed by atoms with van der Waals surface area (Å²) in [6.07, 6.45) is 6.33. The second-order valence-corrected chi connectivity index (χ2v) is 11.1. The van der Waals surface area contributed by atoms with Gasteiger partial charge in [-0.05, 0) is 66.7 Å². The number of piperidine rings is 1. The molecule has 11 heteroatoms. The number of hydrogen-bond donors (Lipinski definition) is 1. The molecule has 0 spiro atoms. The number of carboxylic acid groups (broad SMARTS) is 1. The van der Waals surface area contributed by atoms with Gasteiger partial charge in [-0.15, -0.1) is 0 Å². The third kappa shape index (κ3) is 4.62. The molecule has 214 valence electrons. The molecule has 0 radical (unpaired) electrons. The lowest BCUT2D eigenvalue weighted by atomic mass is 9.88. The number of aliphatic carboxylic acids is 1. The number of carboxylic acids is 1. The summed E-state index contributed by atoms with van der Waals surface area (Å²) in [6, 6.07) is 8.25. The van der Waals surface area contributed by atoms with E-state index < -0.39 is 17.7 Å². The van der Waals surface area contributed by atoms with E-state index in [4.69, 9.17) is 27.7 Å². The third-order valence-electron chi connectivity index (χ3n) is 8.01. The Morgan fingerprint density at radius 3 is 2.57 bits per heavy atom. The van der Waals surface area contributed by atoms with Crippen LogP contribution in [0.5, 0.6) is 0 Å². The van der Waals surface area contributed by atoms with Gasteiger partial charge in [0.25, 0.3) is 5.91 Å². The fourth-order valence-electron chi connectivity index (χ4n) is 5.99. The molecular formula is C31H24Cl2FN3O5. The van der Waals surface area contributed by atoms with E-state index in [1.165, 1.54) is 28.9 Å². The second kappa shape index (κ2) is 10.9. The van der Waals surface area contributed by atoms with Gasteiger partial charge in [0.1, 0.15) is 11.3 Å². The van der Waals surface area contributed by atoms with Crippen LogP contribution in [0, 0.1) is 5.82 Å². The molecule has 4 aromatic rings. The number of benzene rings is 2. The number of halogens is 3. The summed E-state index contributed by atoms with van der Waals surface area (Å²) in [6.45, 7) is 4.43. The molecule has 2 aromatic carbocycles. The molecular weight excluding hydrogens is 584 g/mol. The van der Waals surface area contributed by atoms with Crippen LogP contribution in [-0.4, -0.2) is 50.6 Å². The molecule has 6 rings (SSSR count). The first-order chi connectivity index (χ1) is 20.2. The Morgan fingerprint density at radius 2 is 1.86 bits per heavy atom. The standard InChI is InChI=1S/C31H24Cl2FN3O5/c1-2-23(38)36-12-10-16(11-13-36)30-26(29(35-42-30)20-8-9-21(32)28(34)27(20)33)31(41)37-15-18-7-6-17(14-24(39)40)19-4-3-5-22(37)25(18)19/h2-5,8-9,14-16H,1,6-7,10-13H2,(H,39,40)/b17-14+. The number of carbonyl (C=O) groups is 3. The number of aryl methyl sites for hydroxylation is 1. The Kier molecular flexibility index (Phi) is 7.24. The second-order valence-electron chi connectivity index (χ2n) is 10.3. The highest BCUT2D eigenvalue weighted by molar-refractivity contribution is 6.36. The van der Waals surface area contributed by atoms with Gasteiger partial charge < -0.3 is 14.5 Å². The molecule has 1 fully saturated rings. The zero-order valence-electron chi connectivity index (χ0n) is 22.2. The number of aromatic nitrogens is 2.